The zero-order chi connectivity index (χ0) is 18.8. The molecule has 1 unspecified atom stereocenters. The third kappa shape index (κ3) is 6.79. The largest absolute Gasteiger partial charge is 0.494 e. The number of carbonyl (C=O) groups is 2. The Balaban J connectivity index is 1.72. The Morgan fingerprint density at radius 2 is 1.96 bits per heavy atom. The van der Waals surface area contributed by atoms with Crippen molar-refractivity contribution in [3.8, 4) is 5.75 Å². The summed E-state index contributed by atoms with van der Waals surface area (Å²) in [4.78, 5) is 25.6. The molecule has 2 rings (SSSR count). The number of aliphatic carboxylic acids is 1. The Kier molecular flexibility index (Phi) is 8.62. The maximum Gasteiger partial charge on any atom is 0.307 e. The number of ether oxygens (including phenoxy) is 1. The smallest absolute Gasteiger partial charge is 0.307 e. The standard InChI is InChI=1S/C21H31NO4/c1-2-3-4-5-15-26-19-10-8-17(9-11-19)20(23)12-14-22-13-6-7-18(16-22)21(24)25/h8-11,18H,2-7,12-16H2,1H3,(H,24,25). The highest BCUT2D eigenvalue weighted by molar-refractivity contribution is 5.96. The number of benzene rings is 1. The van der Waals surface area contributed by atoms with Crippen molar-refractivity contribution in [3.63, 3.8) is 0 Å². The molecule has 0 bridgehead atoms. The zero-order valence-corrected chi connectivity index (χ0v) is 15.8. The van der Waals surface area contributed by atoms with E-state index in [1.54, 1.807) is 0 Å². The SMILES string of the molecule is CCCCCCOc1ccc(C(=O)CCN2CCCC(C(=O)O)C2)cc1. The number of hydrogen-bond acceptors (Lipinski definition) is 4. The number of carbonyl (C=O) groups excluding carboxylic acids is 1. The molecule has 0 amide bonds. The molecule has 5 heteroatoms. The summed E-state index contributed by atoms with van der Waals surface area (Å²) in [6, 6.07) is 7.35. The van der Waals surface area contributed by atoms with Crippen LogP contribution in [-0.2, 0) is 4.79 Å². The third-order valence-corrected chi connectivity index (χ3v) is 4.95. The molecule has 26 heavy (non-hydrogen) atoms. The van der Waals surface area contributed by atoms with Crippen molar-refractivity contribution < 1.29 is 19.4 Å². The van der Waals surface area contributed by atoms with Gasteiger partial charge in [-0.2, -0.15) is 0 Å². The van der Waals surface area contributed by atoms with E-state index in [1.807, 2.05) is 24.3 Å². The first-order chi connectivity index (χ1) is 12.6. The van der Waals surface area contributed by atoms with Gasteiger partial charge >= 0.3 is 5.97 Å². The van der Waals surface area contributed by atoms with E-state index in [0.717, 1.165) is 31.6 Å². The number of likely N-dealkylation sites (tertiary alicyclic amines) is 1. The zero-order valence-electron chi connectivity index (χ0n) is 15.8. The van der Waals surface area contributed by atoms with Crippen molar-refractivity contribution in [1.82, 2.24) is 4.90 Å². The van der Waals surface area contributed by atoms with E-state index in [2.05, 4.69) is 11.8 Å². The number of carboxylic acids is 1. The van der Waals surface area contributed by atoms with Crippen LogP contribution in [0.1, 0.15) is 62.2 Å². The molecule has 1 aromatic carbocycles. The molecule has 5 nitrogen and oxygen atoms in total. The average molecular weight is 361 g/mol. The fourth-order valence-corrected chi connectivity index (χ4v) is 3.32. The van der Waals surface area contributed by atoms with Gasteiger partial charge in [-0.25, -0.2) is 0 Å². The summed E-state index contributed by atoms with van der Waals surface area (Å²) < 4.78 is 5.70. The first kappa shape index (κ1) is 20.4. The first-order valence-corrected chi connectivity index (χ1v) is 9.81. The molecule has 1 aliphatic rings. The number of hydrogen-bond donors (Lipinski definition) is 1. The predicted octanol–water partition coefficient (Wildman–Crippen LogP) is 4.02. The van der Waals surface area contributed by atoms with Crippen molar-refractivity contribution in [1.29, 1.82) is 0 Å². The average Bonchev–Trinajstić information content (AvgIpc) is 2.66. The van der Waals surface area contributed by atoms with Gasteiger partial charge in [0.2, 0.25) is 0 Å². The lowest BCUT2D eigenvalue weighted by Gasteiger charge is -2.30. The molecule has 1 aromatic rings. The molecule has 0 radical (unpaired) electrons. The van der Waals surface area contributed by atoms with Gasteiger partial charge in [-0.3, -0.25) is 9.59 Å². The number of carboxylic acid groups (broad SMARTS) is 1. The summed E-state index contributed by atoms with van der Waals surface area (Å²) in [6.07, 6.45) is 6.74. The Morgan fingerprint density at radius 1 is 1.19 bits per heavy atom. The van der Waals surface area contributed by atoms with Gasteiger partial charge in [-0.1, -0.05) is 26.2 Å². The lowest BCUT2D eigenvalue weighted by atomic mass is 9.98. The highest BCUT2D eigenvalue weighted by atomic mass is 16.5. The third-order valence-electron chi connectivity index (χ3n) is 4.95. The summed E-state index contributed by atoms with van der Waals surface area (Å²) >= 11 is 0. The second-order valence-corrected chi connectivity index (χ2v) is 7.08. The van der Waals surface area contributed by atoms with E-state index in [4.69, 9.17) is 9.84 Å². The number of ketones is 1. The van der Waals surface area contributed by atoms with Crippen LogP contribution in [-0.4, -0.2) is 48.0 Å². The van der Waals surface area contributed by atoms with E-state index in [0.29, 0.717) is 31.7 Å². The molecule has 144 valence electrons. The molecule has 1 N–H and O–H groups in total. The van der Waals surface area contributed by atoms with Gasteiger partial charge in [0, 0.05) is 25.1 Å². The summed E-state index contributed by atoms with van der Waals surface area (Å²) in [5.74, 6) is -0.130. The van der Waals surface area contributed by atoms with E-state index in [1.165, 1.54) is 19.3 Å². The summed E-state index contributed by atoms with van der Waals surface area (Å²) in [5, 5.41) is 9.14. The van der Waals surface area contributed by atoms with Crippen molar-refractivity contribution in [3.05, 3.63) is 29.8 Å². The topological polar surface area (TPSA) is 66.8 Å². The molecule has 0 aromatic heterocycles. The molecule has 0 spiro atoms. The van der Waals surface area contributed by atoms with Crippen LogP contribution in [0.15, 0.2) is 24.3 Å². The normalized spacial score (nSPS) is 17.8. The molecule has 1 aliphatic heterocycles. The molecular formula is C21H31NO4. The molecule has 1 heterocycles. The van der Waals surface area contributed by atoms with E-state index in [-0.39, 0.29) is 11.7 Å². The van der Waals surface area contributed by atoms with Gasteiger partial charge in [-0.15, -0.1) is 0 Å². The van der Waals surface area contributed by atoms with E-state index >= 15 is 0 Å². The molecular weight excluding hydrogens is 330 g/mol. The predicted molar refractivity (Wildman–Crippen MR) is 102 cm³/mol. The van der Waals surface area contributed by atoms with Crippen molar-refractivity contribution in [2.75, 3.05) is 26.2 Å². The monoisotopic (exact) mass is 361 g/mol. The maximum atomic E-state index is 12.4. The first-order valence-electron chi connectivity index (χ1n) is 9.81. The van der Waals surface area contributed by atoms with E-state index in [9.17, 15) is 9.59 Å². The highest BCUT2D eigenvalue weighted by Crippen LogP contribution is 2.18. The maximum absolute atomic E-state index is 12.4. The van der Waals surface area contributed by atoms with Crippen LogP contribution in [0.3, 0.4) is 0 Å². The van der Waals surface area contributed by atoms with Crippen LogP contribution in [0.5, 0.6) is 5.75 Å². The fourth-order valence-electron chi connectivity index (χ4n) is 3.32. The van der Waals surface area contributed by atoms with Crippen LogP contribution >= 0.6 is 0 Å². The number of Topliss-reactive ketones (excluding diaryl/α,β-unsaturated/α-hetero) is 1. The van der Waals surface area contributed by atoms with Gasteiger partial charge < -0.3 is 14.7 Å². The quantitative estimate of drug-likeness (QED) is 0.476. The van der Waals surface area contributed by atoms with Crippen molar-refractivity contribution >= 4 is 11.8 Å². The van der Waals surface area contributed by atoms with E-state index < -0.39 is 5.97 Å². The van der Waals surface area contributed by atoms with Gasteiger partial charge in [0.25, 0.3) is 0 Å². The fraction of sp³-hybridized carbons (Fsp3) is 0.619. The van der Waals surface area contributed by atoms with Crippen LogP contribution in [0.25, 0.3) is 0 Å². The van der Waals surface area contributed by atoms with Crippen LogP contribution in [0.2, 0.25) is 0 Å². The Hall–Kier alpha value is -1.88. The van der Waals surface area contributed by atoms with Crippen LogP contribution in [0, 0.1) is 5.92 Å². The minimum absolute atomic E-state index is 0.0944. The summed E-state index contributed by atoms with van der Waals surface area (Å²) in [7, 11) is 0. The number of nitrogens with zero attached hydrogens (tertiary/aromatic N) is 1. The number of rotatable bonds is 11. The van der Waals surface area contributed by atoms with Gasteiger partial charge in [0.05, 0.1) is 12.5 Å². The van der Waals surface area contributed by atoms with Crippen LogP contribution < -0.4 is 4.74 Å². The summed E-state index contributed by atoms with van der Waals surface area (Å²) in [6.45, 7) is 4.95. The van der Waals surface area contributed by atoms with Crippen molar-refractivity contribution in [2.24, 2.45) is 5.92 Å². The van der Waals surface area contributed by atoms with Crippen LogP contribution in [0.4, 0.5) is 0 Å². The molecule has 1 fully saturated rings. The Labute approximate surface area is 156 Å². The molecule has 0 aliphatic carbocycles. The molecule has 1 saturated heterocycles. The molecule has 1 atom stereocenters. The number of piperidine rings is 1. The van der Waals surface area contributed by atoms with Gasteiger partial charge in [0.1, 0.15) is 5.75 Å². The van der Waals surface area contributed by atoms with Gasteiger partial charge in [-0.05, 0) is 50.1 Å². The van der Waals surface area contributed by atoms with Crippen molar-refractivity contribution in [2.45, 2.75) is 51.9 Å². The Bertz CT molecular complexity index is 570. The highest BCUT2D eigenvalue weighted by Gasteiger charge is 2.25. The lowest BCUT2D eigenvalue weighted by molar-refractivity contribution is -0.143. The Morgan fingerprint density at radius 3 is 2.65 bits per heavy atom. The summed E-state index contributed by atoms with van der Waals surface area (Å²) in [5.41, 5.74) is 0.690. The minimum Gasteiger partial charge on any atom is -0.494 e. The minimum atomic E-state index is -0.730. The van der Waals surface area contributed by atoms with Gasteiger partial charge in [0.15, 0.2) is 5.78 Å². The second-order valence-electron chi connectivity index (χ2n) is 7.08. The second kappa shape index (κ2) is 11.0. The molecule has 0 saturated carbocycles. The number of unbranched alkanes of at least 4 members (excludes halogenated alkanes) is 3. The lowest BCUT2D eigenvalue weighted by Crippen LogP contribution is -2.39.